The molecule has 1 N–H and O–H groups in total. The van der Waals surface area contributed by atoms with Crippen LogP contribution in [0.1, 0.15) is 85.3 Å². The van der Waals surface area contributed by atoms with Crippen molar-refractivity contribution < 1.29 is 28.9 Å². The average Bonchev–Trinajstić information content (AvgIpc) is 2.93. The lowest BCUT2D eigenvalue weighted by Gasteiger charge is -2.41. The summed E-state index contributed by atoms with van der Waals surface area (Å²) in [4.78, 5) is 36.1. The summed E-state index contributed by atoms with van der Waals surface area (Å²) < 4.78 is 18.4. The van der Waals surface area contributed by atoms with Crippen molar-refractivity contribution in [3.05, 3.63) is 57.0 Å². The number of piperidine rings is 2. The minimum atomic E-state index is -0.924. The monoisotopic (exact) mass is 740 g/mol. The largest absolute Gasteiger partial charge is 0.444 e. The Balaban J connectivity index is 0.000000241. The molecule has 4 rings (SSSR count). The fourth-order valence-corrected chi connectivity index (χ4v) is 5.61. The highest BCUT2D eigenvalue weighted by Crippen LogP contribution is 2.37. The molecule has 2 aliphatic heterocycles. The number of nitrogens with zero attached hydrogens (tertiary/aromatic N) is 4. The Morgan fingerprint density at radius 1 is 0.773 bits per heavy atom. The van der Waals surface area contributed by atoms with E-state index in [1.54, 1.807) is 16.0 Å². The molecule has 2 aromatic heterocycles. The van der Waals surface area contributed by atoms with E-state index in [2.05, 4.69) is 41.8 Å². The number of aliphatic hydroxyl groups is 1. The SMILES string of the molecule is CC(C)(C)OC(=O)N1CCC(O)(c2ccc(Br)nc2)CC1.CCOC1(c2ccc(Br)nc2)CCN(C(=O)OC(C)(C)C)CC1. The van der Waals surface area contributed by atoms with Crippen LogP contribution in [0.2, 0.25) is 0 Å². The van der Waals surface area contributed by atoms with Gasteiger partial charge in [0.25, 0.3) is 0 Å². The highest BCUT2D eigenvalue weighted by atomic mass is 79.9. The van der Waals surface area contributed by atoms with E-state index in [9.17, 15) is 14.7 Å². The van der Waals surface area contributed by atoms with Gasteiger partial charge in [-0.3, -0.25) is 0 Å². The predicted octanol–water partition coefficient (Wildman–Crippen LogP) is 7.17. The number of aromatic nitrogens is 2. The second-order valence-corrected chi connectivity index (χ2v) is 14.8. The minimum absolute atomic E-state index is 0.253. The molecule has 2 saturated heterocycles. The summed E-state index contributed by atoms with van der Waals surface area (Å²) in [5.41, 5.74) is -0.421. The highest BCUT2D eigenvalue weighted by molar-refractivity contribution is 9.10. The lowest BCUT2D eigenvalue weighted by molar-refractivity contribution is -0.0857. The maximum absolute atomic E-state index is 12.2. The van der Waals surface area contributed by atoms with Crippen molar-refractivity contribution in [3.8, 4) is 0 Å². The smallest absolute Gasteiger partial charge is 0.410 e. The van der Waals surface area contributed by atoms with Crippen molar-refractivity contribution in [1.82, 2.24) is 19.8 Å². The maximum atomic E-state index is 12.2. The molecule has 12 heteroatoms. The van der Waals surface area contributed by atoms with Crippen molar-refractivity contribution in [2.45, 2.75) is 96.6 Å². The summed E-state index contributed by atoms with van der Waals surface area (Å²) in [5.74, 6) is 0. The molecular formula is C32H46Br2N4O6. The third-order valence-corrected chi connectivity index (χ3v) is 8.34. The molecule has 2 aliphatic rings. The van der Waals surface area contributed by atoms with Crippen LogP contribution in [-0.4, -0.2) is 81.0 Å². The van der Waals surface area contributed by atoms with Crippen LogP contribution in [0.5, 0.6) is 0 Å². The van der Waals surface area contributed by atoms with Gasteiger partial charge in [0.15, 0.2) is 0 Å². The van der Waals surface area contributed by atoms with Gasteiger partial charge in [0.2, 0.25) is 0 Å². The van der Waals surface area contributed by atoms with Crippen molar-refractivity contribution in [1.29, 1.82) is 0 Å². The molecule has 0 atom stereocenters. The first-order chi connectivity index (χ1) is 20.5. The number of amides is 2. The molecule has 0 aromatic carbocycles. The Bertz CT molecular complexity index is 1230. The predicted molar refractivity (Wildman–Crippen MR) is 175 cm³/mol. The normalized spacial score (nSPS) is 18.1. The number of hydrogen-bond donors (Lipinski definition) is 1. The minimum Gasteiger partial charge on any atom is -0.444 e. The summed E-state index contributed by atoms with van der Waals surface area (Å²) >= 11 is 6.64. The van der Waals surface area contributed by atoms with Crippen molar-refractivity contribution in [2.24, 2.45) is 0 Å². The van der Waals surface area contributed by atoms with Gasteiger partial charge in [-0.15, -0.1) is 0 Å². The van der Waals surface area contributed by atoms with Crippen LogP contribution in [0, 0.1) is 0 Å². The number of halogens is 2. The van der Waals surface area contributed by atoms with Crippen molar-refractivity contribution in [3.63, 3.8) is 0 Å². The zero-order valence-electron chi connectivity index (χ0n) is 26.9. The van der Waals surface area contributed by atoms with E-state index in [1.807, 2.05) is 78.9 Å². The molecular weight excluding hydrogens is 696 g/mol. The van der Waals surface area contributed by atoms with Crippen LogP contribution in [0.15, 0.2) is 45.9 Å². The Kier molecular flexibility index (Phi) is 12.2. The molecule has 0 bridgehead atoms. The third-order valence-electron chi connectivity index (χ3n) is 7.40. The van der Waals surface area contributed by atoms with Crippen LogP contribution >= 0.6 is 31.9 Å². The van der Waals surface area contributed by atoms with E-state index in [1.165, 1.54) is 0 Å². The molecule has 2 amide bonds. The number of ether oxygens (including phenoxy) is 3. The summed E-state index contributed by atoms with van der Waals surface area (Å²) in [6.07, 6.45) is 5.39. The Labute approximate surface area is 278 Å². The maximum Gasteiger partial charge on any atom is 0.410 e. The summed E-state index contributed by atoms with van der Waals surface area (Å²) in [7, 11) is 0. The summed E-state index contributed by atoms with van der Waals surface area (Å²) in [6, 6.07) is 7.64. The van der Waals surface area contributed by atoms with E-state index in [0.717, 1.165) is 33.2 Å². The van der Waals surface area contributed by atoms with E-state index in [4.69, 9.17) is 14.2 Å². The lowest BCUT2D eigenvalue weighted by atomic mass is 9.85. The average molecular weight is 743 g/mol. The van der Waals surface area contributed by atoms with Gasteiger partial charge in [0.1, 0.15) is 20.4 Å². The van der Waals surface area contributed by atoms with Crippen LogP contribution < -0.4 is 0 Å². The molecule has 2 fully saturated rings. The number of pyridine rings is 2. The molecule has 44 heavy (non-hydrogen) atoms. The first-order valence-corrected chi connectivity index (χ1v) is 16.6. The van der Waals surface area contributed by atoms with E-state index in [-0.39, 0.29) is 17.8 Å². The van der Waals surface area contributed by atoms with Crippen LogP contribution in [0.3, 0.4) is 0 Å². The van der Waals surface area contributed by atoms with E-state index >= 15 is 0 Å². The Hall–Kier alpha value is -2.28. The van der Waals surface area contributed by atoms with Crippen LogP contribution in [-0.2, 0) is 25.4 Å². The van der Waals surface area contributed by atoms with E-state index < -0.39 is 16.8 Å². The van der Waals surface area contributed by atoms with Crippen LogP contribution in [0.25, 0.3) is 0 Å². The zero-order chi connectivity index (χ0) is 32.8. The topological polar surface area (TPSA) is 114 Å². The first-order valence-electron chi connectivity index (χ1n) is 15.0. The lowest BCUT2D eigenvalue weighted by Crippen LogP contribution is -2.48. The summed E-state index contributed by atoms with van der Waals surface area (Å²) in [5, 5.41) is 10.7. The number of carbonyl (C=O) groups excluding carboxylic acids is 2. The molecule has 0 saturated carbocycles. The van der Waals surface area contributed by atoms with Gasteiger partial charge < -0.3 is 29.1 Å². The molecule has 2 aromatic rings. The molecule has 4 heterocycles. The van der Waals surface area contributed by atoms with Gasteiger partial charge in [-0.25, -0.2) is 19.6 Å². The highest BCUT2D eigenvalue weighted by Gasteiger charge is 2.40. The number of hydrogen-bond acceptors (Lipinski definition) is 8. The number of carbonyl (C=O) groups is 2. The van der Waals surface area contributed by atoms with Gasteiger partial charge in [-0.1, -0.05) is 12.1 Å². The molecule has 0 unspecified atom stereocenters. The van der Waals surface area contributed by atoms with Gasteiger partial charge in [0, 0.05) is 56.3 Å². The third kappa shape index (κ3) is 10.4. The first kappa shape index (κ1) is 36.2. The van der Waals surface area contributed by atoms with Crippen molar-refractivity contribution >= 4 is 44.0 Å². The van der Waals surface area contributed by atoms with Gasteiger partial charge >= 0.3 is 12.2 Å². The van der Waals surface area contributed by atoms with Gasteiger partial charge in [0.05, 0.1) is 11.2 Å². The fraction of sp³-hybridized carbons (Fsp3) is 0.625. The molecule has 244 valence electrons. The van der Waals surface area contributed by atoms with Gasteiger partial charge in [-0.2, -0.15) is 0 Å². The van der Waals surface area contributed by atoms with Crippen LogP contribution in [0.4, 0.5) is 9.59 Å². The number of likely N-dealkylation sites (tertiary alicyclic amines) is 2. The second-order valence-electron chi connectivity index (χ2n) is 13.1. The molecule has 0 radical (unpaired) electrons. The van der Waals surface area contributed by atoms with E-state index in [0.29, 0.717) is 45.6 Å². The standard InChI is InChI=1S/C17H25BrN2O3.C15H21BrN2O3/c1-5-22-17(13-6-7-14(18)19-12-13)8-10-20(11-9-17)15(21)23-16(2,3)4;1-14(2,3)21-13(19)18-8-6-15(20,7-9-18)11-4-5-12(16)17-10-11/h6-7,12H,5,8-11H2,1-4H3;4-5,10,20H,6-9H2,1-3H3. The molecule has 10 nitrogen and oxygen atoms in total. The fourth-order valence-electron chi connectivity index (χ4n) is 5.14. The zero-order valence-corrected chi connectivity index (χ0v) is 30.0. The Morgan fingerprint density at radius 2 is 1.18 bits per heavy atom. The number of rotatable bonds is 4. The molecule has 0 aliphatic carbocycles. The Morgan fingerprint density at radius 3 is 1.55 bits per heavy atom. The van der Waals surface area contributed by atoms with Crippen molar-refractivity contribution in [2.75, 3.05) is 32.8 Å². The van der Waals surface area contributed by atoms with Gasteiger partial charge in [-0.05, 0) is 118 Å². The second kappa shape index (κ2) is 14.9. The quantitative estimate of drug-likeness (QED) is 0.328. The summed E-state index contributed by atoms with van der Waals surface area (Å²) in [6.45, 7) is 16.0. The molecule has 0 spiro atoms.